The van der Waals surface area contributed by atoms with Crippen molar-refractivity contribution in [3.63, 3.8) is 0 Å². The average molecular weight is 362 g/mol. The maximum atomic E-state index is 12.4. The number of anilines is 1. The summed E-state index contributed by atoms with van der Waals surface area (Å²) < 4.78 is 0. The second-order valence-electron chi connectivity index (χ2n) is 6.41. The molecule has 5 heteroatoms. The number of amidine groups is 1. The summed E-state index contributed by atoms with van der Waals surface area (Å²) in [6.45, 7) is 5.21. The fraction of sp³-hybridized carbons (Fsp3) is 0.273. The normalized spacial score (nSPS) is 9.89. The molecule has 0 fully saturated rings. The van der Waals surface area contributed by atoms with Gasteiger partial charge in [-0.25, -0.2) is 0 Å². The van der Waals surface area contributed by atoms with E-state index in [2.05, 4.69) is 24.1 Å². The number of amides is 1. The molecular weight excluding hydrogens is 336 g/mol. The van der Waals surface area contributed by atoms with Crippen molar-refractivity contribution in [2.24, 2.45) is 5.73 Å². The number of benzene rings is 2. The monoisotopic (exact) mass is 362 g/mol. The molecule has 0 heterocycles. The minimum atomic E-state index is 0.0411. The predicted octanol–water partition coefficient (Wildman–Crippen LogP) is 3.22. The number of nitrogen functional groups attached to an aromatic ring is 1. The summed E-state index contributed by atoms with van der Waals surface area (Å²) >= 11 is 0. The lowest BCUT2D eigenvalue weighted by Crippen LogP contribution is -2.27. The Morgan fingerprint density at radius 1 is 1.26 bits per heavy atom. The van der Waals surface area contributed by atoms with Crippen LogP contribution in [0.2, 0.25) is 0 Å². The molecule has 0 atom stereocenters. The first-order valence-electron chi connectivity index (χ1n) is 8.95. The zero-order valence-electron chi connectivity index (χ0n) is 16.1. The lowest BCUT2D eigenvalue weighted by Gasteiger charge is -2.17. The van der Waals surface area contributed by atoms with Gasteiger partial charge in [-0.1, -0.05) is 30.9 Å². The Balaban J connectivity index is 2.01. The molecule has 0 spiro atoms. The molecule has 140 valence electrons. The third-order valence-corrected chi connectivity index (χ3v) is 4.15. The number of nitrogens with two attached hydrogens (primary N) is 1. The van der Waals surface area contributed by atoms with Crippen LogP contribution in [0.4, 0.5) is 5.69 Å². The Hall–Kier alpha value is -3.26. The first-order valence-corrected chi connectivity index (χ1v) is 8.95. The van der Waals surface area contributed by atoms with Crippen LogP contribution >= 0.6 is 0 Å². The van der Waals surface area contributed by atoms with Crippen LogP contribution in [0.3, 0.4) is 0 Å². The number of nitrogens with zero attached hydrogens (tertiary/aromatic N) is 1. The van der Waals surface area contributed by atoms with E-state index >= 15 is 0 Å². The number of aryl methyl sites for hydroxylation is 1. The fourth-order valence-corrected chi connectivity index (χ4v) is 2.71. The van der Waals surface area contributed by atoms with Crippen LogP contribution in [0.15, 0.2) is 42.5 Å². The van der Waals surface area contributed by atoms with Crippen LogP contribution in [0.5, 0.6) is 0 Å². The second kappa shape index (κ2) is 9.44. The highest BCUT2D eigenvalue weighted by Crippen LogP contribution is 2.13. The molecule has 0 saturated carbocycles. The molecule has 1 amide bonds. The standard InChI is InChI=1S/C22H26N4O/c1-4-13-26(3)22(27)20-11-10-17(14-16(20)2)7-6-12-25-19-9-5-8-18(15-19)21(23)24/h5,8-11,14-15,25H,4,12-13H2,1-3H3,(H3,23,24). The third kappa shape index (κ3) is 5.61. The molecule has 0 aromatic heterocycles. The smallest absolute Gasteiger partial charge is 0.253 e. The van der Waals surface area contributed by atoms with Gasteiger partial charge in [0.2, 0.25) is 0 Å². The molecule has 2 rings (SSSR count). The Morgan fingerprint density at radius 2 is 2.04 bits per heavy atom. The van der Waals surface area contributed by atoms with Gasteiger partial charge in [0.15, 0.2) is 0 Å². The molecule has 0 radical (unpaired) electrons. The van der Waals surface area contributed by atoms with Crippen LogP contribution in [0, 0.1) is 24.2 Å². The van der Waals surface area contributed by atoms with E-state index in [-0.39, 0.29) is 11.7 Å². The van der Waals surface area contributed by atoms with Gasteiger partial charge in [-0.2, -0.15) is 0 Å². The van der Waals surface area contributed by atoms with Gasteiger partial charge < -0.3 is 16.0 Å². The summed E-state index contributed by atoms with van der Waals surface area (Å²) in [5.74, 6) is 6.27. The molecule has 0 aliphatic heterocycles. The summed E-state index contributed by atoms with van der Waals surface area (Å²) in [6, 6.07) is 13.0. The topological polar surface area (TPSA) is 82.2 Å². The van der Waals surface area contributed by atoms with Crippen LogP contribution < -0.4 is 11.1 Å². The van der Waals surface area contributed by atoms with Crippen LogP contribution in [-0.4, -0.2) is 36.8 Å². The molecule has 0 bridgehead atoms. The number of hydrogen-bond acceptors (Lipinski definition) is 3. The number of rotatable bonds is 6. The summed E-state index contributed by atoms with van der Waals surface area (Å²) in [6.07, 6.45) is 0.938. The Labute approximate surface area is 161 Å². The van der Waals surface area contributed by atoms with Crippen molar-refractivity contribution < 1.29 is 4.79 Å². The van der Waals surface area contributed by atoms with E-state index in [1.54, 1.807) is 11.0 Å². The highest BCUT2D eigenvalue weighted by molar-refractivity contribution is 5.96. The van der Waals surface area contributed by atoms with Crippen molar-refractivity contribution >= 4 is 17.4 Å². The van der Waals surface area contributed by atoms with E-state index in [9.17, 15) is 4.79 Å². The fourth-order valence-electron chi connectivity index (χ4n) is 2.71. The molecule has 0 unspecified atom stereocenters. The zero-order chi connectivity index (χ0) is 19.8. The third-order valence-electron chi connectivity index (χ3n) is 4.15. The summed E-state index contributed by atoms with van der Waals surface area (Å²) in [5.41, 5.74) is 9.57. The summed E-state index contributed by atoms with van der Waals surface area (Å²) in [7, 11) is 1.83. The number of nitrogens with one attached hydrogen (secondary N) is 2. The van der Waals surface area contributed by atoms with Crippen molar-refractivity contribution in [2.45, 2.75) is 20.3 Å². The molecule has 0 aliphatic rings. The predicted molar refractivity (Wildman–Crippen MR) is 111 cm³/mol. The first kappa shape index (κ1) is 20.1. The van der Waals surface area contributed by atoms with E-state index < -0.39 is 0 Å². The zero-order valence-corrected chi connectivity index (χ0v) is 16.1. The molecule has 5 nitrogen and oxygen atoms in total. The quantitative estimate of drug-likeness (QED) is 0.419. The van der Waals surface area contributed by atoms with Gasteiger partial charge in [-0.3, -0.25) is 10.2 Å². The van der Waals surface area contributed by atoms with Crippen molar-refractivity contribution in [3.05, 3.63) is 64.7 Å². The number of hydrogen-bond donors (Lipinski definition) is 3. The van der Waals surface area contributed by atoms with Crippen LogP contribution in [-0.2, 0) is 0 Å². The van der Waals surface area contributed by atoms with Gasteiger partial charge in [0.05, 0.1) is 6.54 Å². The highest BCUT2D eigenvalue weighted by atomic mass is 16.2. The number of carbonyl (C=O) groups excluding carboxylic acids is 1. The molecule has 0 saturated heterocycles. The largest absolute Gasteiger partial charge is 0.384 e. The summed E-state index contributed by atoms with van der Waals surface area (Å²) in [5, 5.41) is 10.7. The van der Waals surface area contributed by atoms with E-state index in [0.717, 1.165) is 35.3 Å². The van der Waals surface area contributed by atoms with Crippen molar-refractivity contribution in [1.82, 2.24) is 4.90 Å². The molecule has 27 heavy (non-hydrogen) atoms. The van der Waals surface area contributed by atoms with E-state index in [1.807, 2.05) is 50.4 Å². The van der Waals surface area contributed by atoms with Gasteiger partial charge in [0, 0.05) is 36.0 Å². The van der Waals surface area contributed by atoms with Crippen molar-refractivity contribution in [1.29, 1.82) is 5.41 Å². The van der Waals surface area contributed by atoms with E-state index in [1.165, 1.54) is 0 Å². The van der Waals surface area contributed by atoms with E-state index in [0.29, 0.717) is 12.1 Å². The Morgan fingerprint density at radius 3 is 2.70 bits per heavy atom. The number of carbonyl (C=O) groups is 1. The lowest BCUT2D eigenvalue weighted by molar-refractivity contribution is 0.0794. The average Bonchev–Trinajstić information content (AvgIpc) is 2.65. The Bertz CT molecular complexity index is 893. The summed E-state index contributed by atoms with van der Waals surface area (Å²) in [4.78, 5) is 14.2. The highest BCUT2D eigenvalue weighted by Gasteiger charge is 2.13. The maximum Gasteiger partial charge on any atom is 0.253 e. The maximum absolute atomic E-state index is 12.4. The Kier molecular flexibility index (Phi) is 7.01. The molecule has 2 aromatic rings. The van der Waals surface area contributed by atoms with Crippen molar-refractivity contribution in [3.8, 4) is 11.8 Å². The molecule has 2 aromatic carbocycles. The minimum Gasteiger partial charge on any atom is -0.384 e. The SMILES string of the molecule is CCCN(C)C(=O)c1ccc(C#CCNc2cccc(C(=N)N)c2)cc1C. The van der Waals surface area contributed by atoms with Gasteiger partial charge >= 0.3 is 0 Å². The molecule has 4 N–H and O–H groups in total. The lowest BCUT2D eigenvalue weighted by atomic mass is 10.0. The first-order chi connectivity index (χ1) is 12.9. The minimum absolute atomic E-state index is 0.0411. The van der Waals surface area contributed by atoms with Crippen LogP contribution in [0.25, 0.3) is 0 Å². The van der Waals surface area contributed by atoms with Gasteiger partial charge in [0.25, 0.3) is 5.91 Å². The van der Waals surface area contributed by atoms with Gasteiger partial charge in [0.1, 0.15) is 5.84 Å². The van der Waals surface area contributed by atoms with Gasteiger partial charge in [-0.15, -0.1) is 0 Å². The second-order valence-corrected chi connectivity index (χ2v) is 6.41. The van der Waals surface area contributed by atoms with Crippen molar-refractivity contribution in [2.75, 3.05) is 25.5 Å². The van der Waals surface area contributed by atoms with Gasteiger partial charge in [-0.05, 0) is 49.2 Å². The van der Waals surface area contributed by atoms with Crippen LogP contribution in [0.1, 0.15) is 40.4 Å². The van der Waals surface area contributed by atoms with E-state index in [4.69, 9.17) is 11.1 Å². The molecular formula is C22H26N4O. The molecule has 0 aliphatic carbocycles.